The highest BCUT2D eigenvalue weighted by molar-refractivity contribution is 4.97. The van der Waals surface area contributed by atoms with Crippen LogP contribution in [0.2, 0.25) is 0 Å². The average molecular weight is 270 g/mol. The second-order valence-electron chi connectivity index (χ2n) is 5.80. The summed E-state index contributed by atoms with van der Waals surface area (Å²) in [6, 6.07) is 0.256. The summed E-state index contributed by atoms with van der Waals surface area (Å²) in [5.41, 5.74) is 6.78. The highest BCUT2D eigenvalue weighted by atomic mass is 16.5. The molecule has 1 rings (SSSR count). The lowest BCUT2D eigenvalue weighted by Crippen LogP contribution is -2.59. The number of rotatable bonds is 9. The van der Waals surface area contributed by atoms with Gasteiger partial charge in [0.1, 0.15) is 0 Å². The molecule has 114 valence electrons. The van der Waals surface area contributed by atoms with Crippen molar-refractivity contribution >= 4 is 0 Å². The number of nitrogens with two attached hydrogens (primary N) is 1. The van der Waals surface area contributed by atoms with Crippen LogP contribution in [0.25, 0.3) is 0 Å². The summed E-state index contributed by atoms with van der Waals surface area (Å²) in [7, 11) is 0. The molecule has 0 spiro atoms. The van der Waals surface area contributed by atoms with E-state index in [1.807, 2.05) is 0 Å². The quantitative estimate of drug-likeness (QED) is 0.699. The maximum atomic E-state index is 6.61. The lowest BCUT2D eigenvalue weighted by molar-refractivity contribution is 0.0482. The SMILES string of the molecule is CCN(CC)C(CC)(CC)C(N)CCC1CCCO1. The van der Waals surface area contributed by atoms with E-state index in [4.69, 9.17) is 10.5 Å². The molecule has 1 saturated heterocycles. The third kappa shape index (κ3) is 3.93. The molecular formula is C16H34N2O. The molecule has 3 nitrogen and oxygen atoms in total. The summed E-state index contributed by atoms with van der Waals surface area (Å²) in [5.74, 6) is 0. The monoisotopic (exact) mass is 270 g/mol. The molecule has 0 aromatic rings. The van der Waals surface area contributed by atoms with E-state index in [2.05, 4.69) is 32.6 Å². The van der Waals surface area contributed by atoms with Gasteiger partial charge in [0.05, 0.1) is 6.10 Å². The van der Waals surface area contributed by atoms with Crippen LogP contribution >= 0.6 is 0 Å². The van der Waals surface area contributed by atoms with Gasteiger partial charge in [-0.1, -0.05) is 27.7 Å². The fourth-order valence-corrected chi connectivity index (χ4v) is 3.82. The lowest BCUT2D eigenvalue weighted by Gasteiger charge is -2.47. The third-order valence-corrected chi connectivity index (χ3v) is 5.13. The van der Waals surface area contributed by atoms with Crippen LogP contribution in [-0.2, 0) is 4.74 Å². The van der Waals surface area contributed by atoms with E-state index in [-0.39, 0.29) is 11.6 Å². The Morgan fingerprint density at radius 2 is 1.84 bits per heavy atom. The highest BCUT2D eigenvalue weighted by Crippen LogP contribution is 2.30. The van der Waals surface area contributed by atoms with Gasteiger partial charge in [0.2, 0.25) is 0 Å². The summed E-state index contributed by atoms with van der Waals surface area (Å²) < 4.78 is 5.73. The molecular weight excluding hydrogens is 236 g/mol. The molecule has 1 fully saturated rings. The number of ether oxygens (including phenoxy) is 1. The highest BCUT2D eigenvalue weighted by Gasteiger charge is 2.37. The van der Waals surface area contributed by atoms with Gasteiger partial charge in [-0.2, -0.15) is 0 Å². The van der Waals surface area contributed by atoms with Crippen molar-refractivity contribution in [2.75, 3.05) is 19.7 Å². The van der Waals surface area contributed by atoms with Crippen molar-refractivity contribution in [3.05, 3.63) is 0 Å². The van der Waals surface area contributed by atoms with Gasteiger partial charge in [0.25, 0.3) is 0 Å². The van der Waals surface area contributed by atoms with Crippen molar-refractivity contribution in [1.29, 1.82) is 0 Å². The molecule has 0 aromatic heterocycles. The van der Waals surface area contributed by atoms with E-state index in [0.29, 0.717) is 6.10 Å². The summed E-state index contributed by atoms with van der Waals surface area (Å²) >= 11 is 0. The molecule has 2 N–H and O–H groups in total. The van der Waals surface area contributed by atoms with Gasteiger partial charge in [0, 0.05) is 18.2 Å². The van der Waals surface area contributed by atoms with Crippen molar-refractivity contribution in [3.63, 3.8) is 0 Å². The van der Waals surface area contributed by atoms with E-state index < -0.39 is 0 Å². The van der Waals surface area contributed by atoms with Crippen molar-refractivity contribution < 1.29 is 4.74 Å². The molecule has 0 aromatic carbocycles. The van der Waals surface area contributed by atoms with Crippen LogP contribution < -0.4 is 5.73 Å². The fraction of sp³-hybridized carbons (Fsp3) is 1.00. The zero-order valence-electron chi connectivity index (χ0n) is 13.5. The van der Waals surface area contributed by atoms with Gasteiger partial charge in [-0.25, -0.2) is 0 Å². The first-order valence-corrected chi connectivity index (χ1v) is 8.26. The Morgan fingerprint density at radius 1 is 1.21 bits per heavy atom. The largest absolute Gasteiger partial charge is 0.378 e. The second-order valence-corrected chi connectivity index (χ2v) is 5.80. The Kier molecular flexibility index (Phi) is 7.33. The Labute approximate surface area is 119 Å². The minimum absolute atomic E-state index is 0.169. The van der Waals surface area contributed by atoms with E-state index in [9.17, 15) is 0 Å². The van der Waals surface area contributed by atoms with Crippen LogP contribution in [0.1, 0.15) is 66.2 Å². The number of hydrogen-bond acceptors (Lipinski definition) is 3. The van der Waals surface area contributed by atoms with Crippen molar-refractivity contribution in [1.82, 2.24) is 4.90 Å². The molecule has 2 unspecified atom stereocenters. The van der Waals surface area contributed by atoms with Crippen LogP contribution in [0.4, 0.5) is 0 Å². The summed E-state index contributed by atoms with van der Waals surface area (Å²) in [4.78, 5) is 2.56. The fourth-order valence-electron chi connectivity index (χ4n) is 3.82. The molecule has 0 saturated carbocycles. The standard InChI is InChI=1S/C16H34N2O/c1-5-16(6-2,18(7-3)8-4)15(17)12-11-14-10-9-13-19-14/h14-15H,5-13,17H2,1-4H3. The summed E-state index contributed by atoms with van der Waals surface area (Å²) in [6.07, 6.45) is 7.41. The molecule has 1 aliphatic heterocycles. The van der Waals surface area contributed by atoms with Crippen LogP contribution in [0, 0.1) is 0 Å². The zero-order valence-corrected chi connectivity index (χ0v) is 13.5. The van der Waals surface area contributed by atoms with Gasteiger partial charge in [-0.05, 0) is 51.6 Å². The van der Waals surface area contributed by atoms with E-state index >= 15 is 0 Å². The van der Waals surface area contributed by atoms with Gasteiger partial charge >= 0.3 is 0 Å². The maximum absolute atomic E-state index is 6.61. The molecule has 2 atom stereocenters. The third-order valence-electron chi connectivity index (χ3n) is 5.13. The van der Waals surface area contributed by atoms with Crippen LogP contribution in [-0.4, -0.2) is 42.3 Å². The number of likely N-dealkylation sites (N-methyl/N-ethyl adjacent to an activating group) is 1. The first kappa shape index (κ1) is 16.9. The first-order chi connectivity index (χ1) is 9.14. The van der Waals surface area contributed by atoms with Crippen LogP contribution in [0.3, 0.4) is 0 Å². The molecule has 1 heterocycles. The predicted octanol–water partition coefficient (Wildman–Crippen LogP) is 3.17. The van der Waals surface area contributed by atoms with Crippen LogP contribution in [0.5, 0.6) is 0 Å². The maximum Gasteiger partial charge on any atom is 0.0576 e. The molecule has 19 heavy (non-hydrogen) atoms. The van der Waals surface area contributed by atoms with Crippen molar-refractivity contribution in [3.8, 4) is 0 Å². The second kappa shape index (κ2) is 8.23. The summed E-state index contributed by atoms with van der Waals surface area (Å²) in [6.45, 7) is 12.2. The minimum Gasteiger partial charge on any atom is -0.378 e. The molecule has 0 aliphatic carbocycles. The first-order valence-electron chi connectivity index (χ1n) is 8.26. The lowest BCUT2D eigenvalue weighted by atomic mass is 9.80. The average Bonchev–Trinajstić information content (AvgIpc) is 2.95. The molecule has 1 aliphatic rings. The van der Waals surface area contributed by atoms with Gasteiger partial charge < -0.3 is 10.5 Å². The Bertz CT molecular complexity index is 231. The number of nitrogens with zero attached hydrogens (tertiary/aromatic N) is 1. The van der Waals surface area contributed by atoms with E-state index in [0.717, 1.165) is 45.4 Å². The zero-order chi connectivity index (χ0) is 14.3. The Balaban J connectivity index is 2.62. The topological polar surface area (TPSA) is 38.5 Å². The normalized spacial score (nSPS) is 22.1. The van der Waals surface area contributed by atoms with E-state index in [1.165, 1.54) is 12.8 Å². The van der Waals surface area contributed by atoms with Crippen molar-refractivity contribution in [2.45, 2.75) is 83.9 Å². The summed E-state index contributed by atoms with van der Waals surface area (Å²) in [5, 5.41) is 0. The molecule has 0 radical (unpaired) electrons. The van der Waals surface area contributed by atoms with Crippen LogP contribution in [0.15, 0.2) is 0 Å². The van der Waals surface area contributed by atoms with Crippen molar-refractivity contribution in [2.24, 2.45) is 5.73 Å². The van der Waals surface area contributed by atoms with E-state index in [1.54, 1.807) is 0 Å². The minimum atomic E-state index is 0.169. The Hall–Kier alpha value is -0.120. The molecule has 0 amide bonds. The number of hydrogen-bond donors (Lipinski definition) is 1. The smallest absolute Gasteiger partial charge is 0.0576 e. The Morgan fingerprint density at radius 3 is 2.26 bits per heavy atom. The predicted molar refractivity (Wildman–Crippen MR) is 82.4 cm³/mol. The molecule has 0 bridgehead atoms. The van der Waals surface area contributed by atoms with Gasteiger partial charge in [-0.15, -0.1) is 0 Å². The van der Waals surface area contributed by atoms with Gasteiger partial charge in [-0.3, -0.25) is 4.90 Å². The molecule has 3 heteroatoms. The van der Waals surface area contributed by atoms with Gasteiger partial charge in [0.15, 0.2) is 0 Å².